The molecule has 2 rings (SSSR count). The number of carboxylic acid groups (broad SMARTS) is 1. The quantitative estimate of drug-likeness (QED) is 0.439. The molecule has 0 bridgehead atoms. The Balaban J connectivity index is 1.72. The molecule has 1 aromatic rings. The predicted octanol–water partition coefficient (Wildman–Crippen LogP) is 4.50. The van der Waals surface area contributed by atoms with E-state index < -0.39 is 30.2 Å². The highest BCUT2D eigenvalue weighted by Gasteiger charge is 2.26. The Hall–Kier alpha value is -2.57. The monoisotopic (exact) mass is 433 g/mol. The van der Waals surface area contributed by atoms with Crippen molar-refractivity contribution in [1.29, 1.82) is 0 Å². The average molecular weight is 434 g/mol. The highest BCUT2D eigenvalue weighted by atomic mass is 16.7. The first-order valence-electron chi connectivity index (χ1n) is 11.1. The molecule has 1 aliphatic rings. The van der Waals surface area contributed by atoms with Crippen molar-refractivity contribution in [2.75, 3.05) is 6.54 Å². The molecule has 2 unspecified atom stereocenters. The van der Waals surface area contributed by atoms with E-state index in [1.54, 1.807) is 6.92 Å². The van der Waals surface area contributed by atoms with Crippen molar-refractivity contribution in [1.82, 2.24) is 5.32 Å². The molecule has 1 amide bonds. The lowest BCUT2D eigenvalue weighted by molar-refractivity contribution is -0.166. The zero-order valence-corrected chi connectivity index (χ0v) is 18.9. The fraction of sp³-hybridized carbons (Fsp3) is 0.625. The van der Waals surface area contributed by atoms with Crippen molar-refractivity contribution in [3.05, 3.63) is 35.4 Å². The SMILES string of the molecule is CC(C)Cc1ccc(C(C)C(=O)OC(C)OC(=O)NCC2CCC(C(=O)O)CC2)cc1. The molecular weight excluding hydrogens is 398 g/mol. The lowest BCUT2D eigenvalue weighted by Gasteiger charge is -2.26. The van der Waals surface area contributed by atoms with Crippen LogP contribution < -0.4 is 5.32 Å². The summed E-state index contributed by atoms with van der Waals surface area (Å²) in [4.78, 5) is 35.4. The number of rotatable bonds is 9. The maximum absolute atomic E-state index is 12.4. The number of carbonyl (C=O) groups excluding carboxylic acids is 2. The van der Waals surface area contributed by atoms with E-state index in [4.69, 9.17) is 14.6 Å². The summed E-state index contributed by atoms with van der Waals surface area (Å²) in [5.74, 6) is -1.15. The molecule has 1 aromatic carbocycles. The van der Waals surface area contributed by atoms with Gasteiger partial charge in [0.15, 0.2) is 0 Å². The van der Waals surface area contributed by atoms with Gasteiger partial charge in [0, 0.05) is 13.5 Å². The Labute approximate surface area is 184 Å². The molecule has 0 saturated heterocycles. The van der Waals surface area contributed by atoms with E-state index in [1.807, 2.05) is 24.3 Å². The molecule has 0 spiro atoms. The number of nitrogens with one attached hydrogen (secondary N) is 1. The van der Waals surface area contributed by atoms with Gasteiger partial charge in [-0.15, -0.1) is 0 Å². The number of ether oxygens (including phenoxy) is 2. The van der Waals surface area contributed by atoms with Crippen LogP contribution in [0.1, 0.15) is 70.4 Å². The molecule has 2 N–H and O–H groups in total. The molecule has 31 heavy (non-hydrogen) atoms. The van der Waals surface area contributed by atoms with Crippen LogP contribution in [0.25, 0.3) is 0 Å². The van der Waals surface area contributed by atoms with Crippen LogP contribution in [0, 0.1) is 17.8 Å². The van der Waals surface area contributed by atoms with Crippen LogP contribution in [-0.2, 0) is 25.5 Å². The molecule has 1 saturated carbocycles. The fourth-order valence-electron chi connectivity index (χ4n) is 3.87. The number of hydrogen-bond acceptors (Lipinski definition) is 5. The second-order valence-corrected chi connectivity index (χ2v) is 8.91. The predicted molar refractivity (Wildman–Crippen MR) is 117 cm³/mol. The van der Waals surface area contributed by atoms with E-state index in [2.05, 4.69) is 19.2 Å². The van der Waals surface area contributed by atoms with E-state index in [0.29, 0.717) is 25.3 Å². The Kier molecular flexibility index (Phi) is 9.34. The highest BCUT2D eigenvalue weighted by Crippen LogP contribution is 2.28. The summed E-state index contributed by atoms with van der Waals surface area (Å²) in [7, 11) is 0. The standard InChI is InChI=1S/C24H35NO6/c1-15(2)13-18-5-9-20(10-6-18)16(3)23(28)30-17(4)31-24(29)25-14-19-7-11-21(12-8-19)22(26)27/h5-6,9-10,15-17,19,21H,7-8,11-14H2,1-4H3,(H,25,29)(H,26,27). The molecule has 0 heterocycles. The first-order valence-corrected chi connectivity index (χ1v) is 11.1. The van der Waals surface area contributed by atoms with E-state index in [0.717, 1.165) is 24.8 Å². The van der Waals surface area contributed by atoms with Gasteiger partial charge in [-0.1, -0.05) is 38.1 Å². The number of amides is 1. The third-order valence-electron chi connectivity index (χ3n) is 5.76. The van der Waals surface area contributed by atoms with Gasteiger partial charge >= 0.3 is 18.0 Å². The summed E-state index contributed by atoms with van der Waals surface area (Å²) in [6.45, 7) is 8.02. The lowest BCUT2D eigenvalue weighted by Crippen LogP contribution is -2.35. The summed E-state index contributed by atoms with van der Waals surface area (Å²) < 4.78 is 10.4. The molecule has 0 aromatic heterocycles. The van der Waals surface area contributed by atoms with Gasteiger partial charge in [-0.05, 0) is 62.0 Å². The van der Waals surface area contributed by atoms with E-state index in [1.165, 1.54) is 12.5 Å². The van der Waals surface area contributed by atoms with Crippen LogP contribution in [0.15, 0.2) is 24.3 Å². The Morgan fingerprint density at radius 1 is 1.00 bits per heavy atom. The smallest absolute Gasteiger partial charge is 0.410 e. The van der Waals surface area contributed by atoms with Crippen LogP contribution >= 0.6 is 0 Å². The van der Waals surface area contributed by atoms with E-state index >= 15 is 0 Å². The number of hydrogen-bond donors (Lipinski definition) is 2. The lowest BCUT2D eigenvalue weighted by atomic mass is 9.82. The molecule has 172 valence electrons. The zero-order chi connectivity index (χ0) is 23.0. The van der Waals surface area contributed by atoms with Crippen molar-refractivity contribution in [3.63, 3.8) is 0 Å². The summed E-state index contributed by atoms with van der Waals surface area (Å²) in [6, 6.07) is 7.91. The molecule has 7 nitrogen and oxygen atoms in total. The largest absolute Gasteiger partial charge is 0.481 e. The minimum absolute atomic E-state index is 0.236. The van der Waals surface area contributed by atoms with Gasteiger partial charge in [0.2, 0.25) is 6.29 Å². The van der Waals surface area contributed by atoms with Crippen molar-refractivity contribution < 1.29 is 29.0 Å². The minimum Gasteiger partial charge on any atom is -0.481 e. The number of benzene rings is 1. The second-order valence-electron chi connectivity index (χ2n) is 8.91. The van der Waals surface area contributed by atoms with Gasteiger partial charge in [0.25, 0.3) is 0 Å². The zero-order valence-electron chi connectivity index (χ0n) is 18.9. The van der Waals surface area contributed by atoms with E-state index in [9.17, 15) is 14.4 Å². The first-order chi connectivity index (χ1) is 14.7. The topological polar surface area (TPSA) is 102 Å². The van der Waals surface area contributed by atoms with Crippen molar-refractivity contribution in [2.24, 2.45) is 17.8 Å². The Morgan fingerprint density at radius 3 is 2.16 bits per heavy atom. The molecule has 0 radical (unpaired) electrons. The van der Waals surface area contributed by atoms with Crippen LogP contribution in [0.5, 0.6) is 0 Å². The van der Waals surface area contributed by atoms with Crippen LogP contribution in [0.4, 0.5) is 4.79 Å². The number of esters is 1. The Bertz CT molecular complexity index is 737. The molecular formula is C24H35NO6. The second kappa shape index (κ2) is 11.7. The maximum Gasteiger partial charge on any atom is 0.410 e. The van der Waals surface area contributed by atoms with E-state index in [-0.39, 0.29) is 11.8 Å². The van der Waals surface area contributed by atoms with Gasteiger partial charge in [-0.3, -0.25) is 9.59 Å². The highest BCUT2D eigenvalue weighted by molar-refractivity contribution is 5.78. The minimum atomic E-state index is -1.00. The normalized spacial score (nSPS) is 20.5. The van der Waals surface area contributed by atoms with Gasteiger partial charge in [-0.2, -0.15) is 0 Å². The van der Waals surface area contributed by atoms with Gasteiger partial charge in [-0.25, -0.2) is 4.79 Å². The van der Waals surface area contributed by atoms with Gasteiger partial charge in [0.05, 0.1) is 11.8 Å². The Morgan fingerprint density at radius 2 is 1.61 bits per heavy atom. The average Bonchev–Trinajstić information content (AvgIpc) is 2.72. The fourth-order valence-corrected chi connectivity index (χ4v) is 3.87. The summed E-state index contributed by atoms with van der Waals surface area (Å²) in [6.07, 6.45) is 2.11. The van der Waals surface area contributed by atoms with Gasteiger partial charge < -0.3 is 19.9 Å². The number of aliphatic carboxylic acids is 1. The van der Waals surface area contributed by atoms with Crippen molar-refractivity contribution in [2.45, 2.75) is 72.0 Å². The number of carbonyl (C=O) groups is 3. The molecule has 2 atom stereocenters. The van der Waals surface area contributed by atoms with Crippen molar-refractivity contribution >= 4 is 18.0 Å². The third kappa shape index (κ3) is 8.23. The number of alkyl carbamates (subject to hydrolysis) is 1. The van der Waals surface area contributed by atoms with Crippen molar-refractivity contribution in [3.8, 4) is 0 Å². The number of carboxylic acids is 1. The first kappa shape index (κ1) is 24.7. The summed E-state index contributed by atoms with van der Waals surface area (Å²) >= 11 is 0. The van der Waals surface area contributed by atoms with Gasteiger partial charge in [0.1, 0.15) is 0 Å². The molecule has 1 aliphatic carbocycles. The summed E-state index contributed by atoms with van der Waals surface area (Å²) in [5, 5.41) is 11.7. The van der Waals surface area contributed by atoms with Crippen LogP contribution in [0.2, 0.25) is 0 Å². The molecule has 7 heteroatoms. The van der Waals surface area contributed by atoms with Crippen LogP contribution in [-0.4, -0.2) is 36.0 Å². The molecule has 1 fully saturated rings. The van der Waals surface area contributed by atoms with Crippen LogP contribution in [0.3, 0.4) is 0 Å². The maximum atomic E-state index is 12.4. The summed E-state index contributed by atoms with van der Waals surface area (Å²) in [5.41, 5.74) is 2.08. The third-order valence-corrected chi connectivity index (χ3v) is 5.76. The molecule has 0 aliphatic heterocycles.